The molecular formula is H6P2RuY2. The average Bonchev–Trinajstić information content (AvgIpc) is 0. The summed E-state index contributed by atoms with van der Waals surface area (Å²) in [6.07, 6.45) is 0. The Labute approximate surface area is 103 Å². The first-order chi connectivity index (χ1) is 0. The minimum Gasteiger partial charge on any atom is -0.153 e. The zero-order valence-corrected chi connectivity index (χ0v) is 13.2. The van der Waals surface area contributed by atoms with Gasteiger partial charge in [0.05, 0.1) is 0 Å². The molecule has 0 aromatic carbocycles. The molecule has 0 rings (SSSR count). The molecule has 0 saturated heterocycles. The van der Waals surface area contributed by atoms with Crippen molar-refractivity contribution in [3.63, 3.8) is 0 Å². The molecule has 0 aromatic heterocycles. The van der Waals surface area contributed by atoms with Gasteiger partial charge in [0, 0.05) is 84.9 Å². The summed E-state index contributed by atoms with van der Waals surface area (Å²) in [6.45, 7) is 0. The fraction of sp³-hybridized carbons (Fsp3) is 0. The molecule has 0 amide bonds. The molecule has 0 aliphatic heterocycles. The minimum atomic E-state index is 0. The molecule has 30 valence electrons. The van der Waals surface area contributed by atoms with Crippen molar-refractivity contribution in [1.29, 1.82) is 0 Å². The molecule has 0 aliphatic rings. The van der Waals surface area contributed by atoms with Crippen LogP contribution in [0.2, 0.25) is 0 Å². The maximum Gasteiger partial charge on any atom is 0 e. The molecule has 0 fully saturated rings. The van der Waals surface area contributed by atoms with Gasteiger partial charge in [0.2, 0.25) is 0 Å². The van der Waals surface area contributed by atoms with Crippen molar-refractivity contribution in [2.45, 2.75) is 0 Å². The summed E-state index contributed by atoms with van der Waals surface area (Å²) in [5, 5.41) is 0. The fourth-order valence-electron chi connectivity index (χ4n) is 0. The van der Waals surface area contributed by atoms with E-state index >= 15 is 0 Å². The van der Waals surface area contributed by atoms with Gasteiger partial charge in [0.25, 0.3) is 0 Å². The molecule has 0 saturated carbocycles. The molecule has 2 unspecified atom stereocenters. The van der Waals surface area contributed by atoms with Gasteiger partial charge >= 0.3 is 0 Å². The van der Waals surface area contributed by atoms with Gasteiger partial charge in [-0.25, -0.2) is 0 Å². The van der Waals surface area contributed by atoms with Crippen LogP contribution in [-0.4, -0.2) is 0 Å². The predicted molar refractivity (Wildman–Crippen MR) is 22.2 cm³/mol. The van der Waals surface area contributed by atoms with E-state index in [1.54, 1.807) is 0 Å². The van der Waals surface area contributed by atoms with Gasteiger partial charge < -0.3 is 0 Å². The molecule has 0 aromatic rings. The van der Waals surface area contributed by atoms with Gasteiger partial charge in [-0.05, 0) is 0 Å². The Kier molecular flexibility index (Phi) is 191. The van der Waals surface area contributed by atoms with E-state index in [0.29, 0.717) is 0 Å². The standard InChI is InChI=1S/2H3P.Ru.2Y/h2*1H3;;;. The van der Waals surface area contributed by atoms with Crippen LogP contribution >= 0.6 is 19.8 Å². The van der Waals surface area contributed by atoms with E-state index < -0.39 is 0 Å². The summed E-state index contributed by atoms with van der Waals surface area (Å²) in [6, 6.07) is 0. The van der Waals surface area contributed by atoms with E-state index in [0.717, 1.165) is 0 Å². The van der Waals surface area contributed by atoms with Crippen molar-refractivity contribution in [2.24, 2.45) is 0 Å². The second kappa shape index (κ2) is 25.3. The molecule has 5 heteroatoms. The van der Waals surface area contributed by atoms with E-state index in [-0.39, 0.29) is 105 Å². The molecule has 0 N–H and O–H groups in total. The second-order valence-corrected chi connectivity index (χ2v) is 0. The van der Waals surface area contributed by atoms with Crippen LogP contribution in [0.5, 0.6) is 0 Å². The summed E-state index contributed by atoms with van der Waals surface area (Å²) in [7, 11) is 0. The monoisotopic (exact) mass is 348 g/mol. The van der Waals surface area contributed by atoms with E-state index in [1.807, 2.05) is 0 Å². The summed E-state index contributed by atoms with van der Waals surface area (Å²) < 4.78 is 0. The number of rotatable bonds is 0. The van der Waals surface area contributed by atoms with Crippen molar-refractivity contribution in [2.75, 3.05) is 0 Å². The van der Waals surface area contributed by atoms with Crippen molar-refractivity contribution < 1.29 is 84.9 Å². The normalized spacial score (nSPS) is 0. The molecule has 0 nitrogen and oxygen atoms in total. The molecule has 5 heavy (non-hydrogen) atoms. The van der Waals surface area contributed by atoms with Crippen LogP contribution in [0.1, 0.15) is 0 Å². The smallest absolute Gasteiger partial charge is 0 e. The number of hydrogen-bond acceptors (Lipinski definition) is 0. The third-order valence-electron chi connectivity index (χ3n) is 0. The van der Waals surface area contributed by atoms with Crippen molar-refractivity contribution in [3.8, 4) is 0 Å². The first-order valence-electron chi connectivity index (χ1n) is 0. The first-order valence-corrected chi connectivity index (χ1v) is 0. The Morgan fingerprint density at radius 1 is 0.600 bits per heavy atom. The predicted octanol–water partition coefficient (Wildman–Crippen LogP) is 0.109. The van der Waals surface area contributed by atoms with Crippen LogP contribution in [0, 0.1) is 0 Å². The van der Waals surface area contributed by atoms with Crippen LogP contribution in [0.4, 0.5) is 0 Å². The van der Waals surface area contributed by atoms with Gasteiger partial charge in [-0.2, -0.15) is 19.8 Å². The van der Waals surface area contributed by atoms with E-state index in [4.69, 9.17) is 0 Å². The maximum atomic E-state index is 0. The van der Waals surface area contributed by atoms with Crippen molar-refractivity contribution in [1.82, 2.24) is 0 Å². The van der Waals surface area contributed by atoms with E-state index in [1.165, 1.54) is 0 Å². The minimum absolute atomic E-state index is 0. The first kappa shape index (κ1) is 37.7. The quantitative estimate of drug-likeness (QED) is 0.431. The molecular weight excluding hydrogens is 341 g/mol. The second-order valence-electron chi connectivity index (χ2n) is 0. The van der Waals surface area contributed by atoms with Crippen LogP contribution < -0.4 is 0 Å². The molecule has 0 bridgehead atoms. The molecule has 2 atom stereocenters. The zero-order valence-electron chi connectivity index (χ0n) is 2.92. The van der Waals surface area contributed by atoms with Crippen LogP contribution in [0.3, 0.4) is 0 Å². The average molecular weight is 347 g/mol. The third kappa shape index (κ3) is 18.3. The van der Waals surface area contributed by atoms with Crippen LogP contribution in [0.15, 0.2) is 0 Å². The maximum absolute atomic E-state index is 0. The van der Waals surface area contributed by atoms with Crippen molar-refractivity contribution >= 4 is 19.8 Å². The van der Waals surface area contributed by atoms with Gasteiger partial charge in [0.15, 0.2) is 0 Å². The van der Waals surface area contributed by atoms with E-state index in [2.05, 4.69) is 0 Å². The van der Waals surface area contributed by atoms with Gasteiger partial charge in [-0.1, -0.05) is 0 Å². The summed E-state index contributed by atoms with van der Waals surface area (Å²) >= 11 is 0. The summed E-state index contributed by atoms with van der Waals surface area (Å²) in [4.78, 5) is 0. The largest absolute Gasteiger partial charge is 0.153 e. The zero-order chi connectivity index (χ0) is 0. The van der Waals surface area contributed by atoms with Crippen molar-refractivity contribution in [3.05, 3.63) is 0 Å². The topological polar surface area (TPSA) is 0 Å². The SMILES string of the molecule is P.P.[Ru].[Y].[Y]. The van der Waals surface area contributed by atoms with E-state index in [9.17, 15) is 0 Å². The summed E-state index contributed by atoms with van der Waals surface area (Å²) in [5.41, 5.74) is 0. The molecule has 0 spiro atoms. The fourth-order valence-corrected chi connectivity index (χ4v) is 0. The van der Waals surface area contributed by atoms with Crippen LogP contribution in [0.25, 0.3) is 0 Å². The Balaban J connectivity index is 0. The van der Waals surface area contributed by atoms with Gasteiger partial charge in [0.1, 0.15) is 0 Å². The third-order valence-corrected chi connectivity index (χ3v) is 0. The van der Waals surface area contributed by atoms with Gasteiger partial charge in [-0.15, -0.1) is 0 Å². The molecule has 0 heterocycles. The number of hydrogen-bond donors (Lipinski definition) is 0. The van der Waals surface area contributed by atoms with Gasteiger partial charge in [-0.3, -0.25) is 0 Å². The Hall–Kier alpha value is 3.69. The van der Waals surface area contributed by atoms with Crippen LogP contribution in [-0.2, 0) is 84.9 Å². The molecule has 0 aliphatic carbocycles. The summed E-state index contributed by atoms with van der Waals surface area (Å²) in [5.74, 6) is 0. The Morgan fingerprint density at radius 2 is 0.600 bits per heavy atom. The Morgan fingerprint density at radius 3 is 0.600 bits per heavy atom. The molecule has 2 radical (unpaired) electrons. The Bertz CT molecular complexity index is 7.61.